The summed E-state index contributed by atoms with van der Waals surface area (Å²) < 4.78 is 0. The van der Waals surface area contributed by atoms with Crippen LogP contribution < -0.4 is 5.23 Å². The van der Waals surface area contributed by atoms with Gasteiger partial charge < -0.3 is 5.23 Å². The molecule has 76 valence electrons. The number of nitrogens with one attached hydrogen (secondary N) is 1. The zero-order valence-electron chi connectivity index (χ0n) is 9.89. The van der Waals surface area contributed by atoms with Gasteiger partial charge in [0, 0.05) is 5.69 Å². The van der Waals surface area contributed by atoms with Crippen molar-refractivity contribution >= 4 is 13.7 Å². The highest BCUT2D eigenvalue weighted by Gasteiger charge is 2.11. The zero-order chi connectivity index (χ0) is 10.7. The summed E-state index contributed by atoms with van der Waals surface area (Å²) in [5.74, 6) is 1.16. The molecule has 0 saturated heterocycles. The maximum absolute atomic E-state index is 3.33. The highest BCUT2D eigenvalue weighted by Crippen LogP contribution is 2.31. The normalized spacial score (nSPS) is 11.0. The minimum absolute atomic E-state index is 0.580. The Morgan fingerprint density at radius 2 is 1.43 bits per heavy atom. The SMILES string of the molecule is BNc1c(C(C)C)cccc1C(C)C. The fraction of sp³-hybridized carbons (Fsp3) is 0.500. The summed E-state index contributed by atoms with van der Waals surface area (Å²) in [6.07, 6.45) is 0. The summed E-state index contributed by atoms with van der Waals surface area (Å²) in [5.41, 5.74) is 4.15. The Morgan fingerprint density at radius 1 is 1.00 bits per heavy atom. The first kappa shape index (κ1) is 11.2. The maximum atomic E-state index is 3.33. The van der Waals surface area contributed by atoms with E-state index in [1.54, 1.807) is 0 Å². The van der Waals surface area contributed by atoms with E-state index in [2.05, 4.69) is 51.1 Å². The minimum atomic E-state index is 0.580. The van der Waals surface area contributed by atoms with Crippen molar-refractivity contribution in [3.8, 4) is 0 Å². The molecule has 0 spiro atoms. The number of hydrogen-bond donors (Lipinski definition) is 1. The third-order valence-corrected chi connectivity index (χ3v) is 2.62. The van der Waals surface area contributed by atoms with E-state index in [0.29, 0.717) is 11.8 Å². The van der Waals surface area contributed by atoms with Crippen LogP contribution in [0, 0.1) is 0 Å². The number of benzene rings is 1. The Bertz CT molecular complexity index is 279. The van der Waals surface area contributed by atoms with Crippen LogP contribution in [-0.2, 0) is 0 Å². The molecule has 0 aromatic heterocycles. The molecule has 1 rings (SSSR count). The Balaban J connectivity index is 3.25. The molecule has 0 saturated carbocycles. The standard InChI is InChI=1S/C12H20BN/c1-8(2)10-6-5-7-11(9(3)4)12(10)14-13/h5-9,14H,13H2,1-4H3. The molecule has 0 aliphatic heterocycles. The van der Waals surface area contributed by atoms with Crippen LogP contribution in [-0.4, -0.2) is 7.98 Å². The molecule has 1 nitrogen and oxygen atoms in total. The highest BCUT2D eigenvalue weighted by atomic mass is 14.8. The summed E-state index contributed by atoms with van der Waals surface area (Å²) in [6.45, 7) is 8.95. The smallest absolute Gasteiger partial charge is 0.213 e. The number of para-hydroxylation sites is 1. The van der Waals surface area contributed by atoms with Crippen molar-refractivity contribution in [3.63, 3.8) is 0 Å². The second-order valence-electron chi connectivity index (χ2n) is 4.37. The second kappa shape index (κ2) is 4.54. The third-order valence-electron chi connectivity index (χ3n) is 2.62. The average Bonchev–Trinajstić information content (AvgIpc) is 2.16. The van der Waals surface area contributed by atoms with Crippen LogP contribution >= 0.6 is 0 Å². The fourth-order valence-electron chi connectivity index (χ4n) is 1.84. The van der Waals surface area contributed by atoms with Gasteiger partial charge >= 0.3 is 0 Å². The first-order valence-electron chi connectivity index (χ1n) is 5.38. The molecule has 0 amide bonds. The van der Waals surface area contributed by atoms with Gasteiger partial charge in [-0.05, 0) is 23.0 Å². The molecule has 1 aromatic rings. The predicted molar refractivity (Wildman–Crippen MR) is 66.8 cm³/mol. The van der Waals surface area contributed by atoms with Crippen molar-refractivity contribution in [2.24, 2.45) is 0 Å². The van der Waals surface area contributed by atoms with Crippen LogP contribution in [0.4, 0.5) is 5.69 Å². The molecule has 0 fully saturated rings. The monoisotopic (exact) mass is 189 g/mol. The lowest BCUT2D eigenvalue weighted by molar-refractivity contribution is 0.839. The molecule has 0 bridgehead atoms. The average molecular weight is 189 g/mol. The molecule has 0 heterocycles. The number of hydrogen-bond acceptors (Lipinski definition) is 1. The van der Waals surface area contributed by atoms with E-state index in [4.69, 9.17) is 0 Å². The predicted octanol–water partition coefficient (Wildman–Crippen LogP) is 2.89. The largest absolute Gasteiger partial charge is 0.434 e. The number of anilines is 1. The van der Waals surface area contributed by atoms with E-state index >= 15 is 0 Å². The van der Waals surface area contributed by atoms with Crippen molar-refractivity contribution < 1.29 is 0 Å². The van der Waals surface area contributed by atoms with E-state index < -0.39 is 0 Å². The molecule has 2 heteroatoms. The minimum Gasteiger partial charge on any atom is -0.434 e. The first-order valence-corrected chi connectivity index (χ1v) is 5.38. The van der Waals surface area contributed by atoms with Gasteiger partial charge in [0.1, 0.15) is 0 Å². The van der Waals surface area contributed by atoms with Gasteiger partial charge in [-0.15, -0.1) is 0 Å². The Morgan fingerprint density at radius 3 is 1.71 bits per heavy atom. The lowest BCUT2D eigenvalue weighted by Crippen LogP contribution is -2.04. The Labute approximate surface area is 88.3 Å². The van der Waals surface area contributed by atoms with Gasteiger partial charge in [-0.25, -0.2) is 0 Å². The number of rotatable bonds is 3. The Hall–Kier alpha value is -0.915. The van der Waals surface area contributed by atoms with Gasteiger partial charge in [-0.2, -0.15) is 0 Å². The van der Waals surface area contributed by atoms with Crippen LogP contribution in [0.5, 0.6) is 0 Å². The molecule has 0 aliphatic carbocycles. The molecular weight excluding hydrogens is 169 g/mol. The van der Waals surface area contributed by atoms with Crippen LogP contribution in [0.25, 0.3) is 0 Å². The molecule has 0 aliphatic rings. The first-order chi connectivity index (χ1) is 6.57. The van der Waals surface area contributed by atoms with Gasteiger partial charge in [-0.3, -0.25) is 0 Å². The molecule has 14 heavy (non-hydrogen) atoms. The van der Waals surface area contributed by atoms with Crippen LogP contribution in [0.15, 0.2) is 18.2 Å². The summed E-state index contributed by atoms with van der Waals surface area (Å²) in [7, 11) is 2.01. The van der Waals surface area contributed by atoms with E-state index in [0.717, 1.165) is 0 Å². The Kier molecular flexibility index (Phi) is 3.62. The van der Waals surface area contributed by atoms with Gasteiger partial charge in [0.2, 0.25) is 7.98 Å². The van der Waals surface area contributed by atoms with E-state index in [9.17, 15) is 0 Å². The zero-order valence-corrected chi connectivity index (χ0v) is 9.89. The van der Waals surface area contributed by atoms with Crippen LogP contribution in [0.3, 0.4) is 0 Å². The van der Waals surface area contributed by atoms with Gasteiger partial charge in [0.05, 0.1) is 0 Å². The lowest BCUT2D eigenvalue weighted by atomic mass is 9.92. The summed E-state index contributed by atoms with van der Waals surface area (Å²) in [4.78, 5) is 0. The van der Waals surface area contributed by atoms with E-state index in [1.165, 1.54) is 16.8 Å². The molecule has 0 atom stereocenters. The third kappa shape index (κ3) is 2.12. The molecule has 0 radical (unpaired) electrons. The van der Waals surface area contributed by atoms with Crippen molar-refractivity contribution in [2.75, 3.05) is 5.23 Å². The highest BCUT2D eigenvalue weighted by molar-refractivity contribution is 6.16. The molecular formula is C12H20BN. The van der Waals surface area contributed by atoms with Crippen LogP contribution in [0.1, 0.15) is 50.7 Å². The van der Waals surface area contributed by atoms with Crippen molar-refractivity contribution in [2.45, 2.75) is 39.5 Å². The molecule has 0 unspecified atom stereocenters. The van der Waals surface area contributed by atoms with Gasteiger partial charge in [0.15, 0.2) is 0 Å². The lowest BCUT2D eigenvalue weighted by Gasteiger charge is -2.19. The van der Waals surface area contributed by atoms with Crippen LogP contribution in [0.2, 0.25) is 0 Å². The maximum Gasteiger partial charge on any atom is 0.213 e. The summed E-state index contributed by atoms with van der Waals surface area (Å²) >= 11 is 0. The van der Waals surface area contributed by atoms with E-state index in [-0.39, 0.29) is 0 Å². The quantitative estimate of drug-likeness (QED) is 0.721. The van der Waals surface area contributed by atoms with Gasteiger partial charge in [-0.1, -0.05) is 45.9 Å². The molecule has 1 N–H and O–H groups in total. The summed E-state index contributed by atoms with van der Waals surface area (Å²) in [5, 5.41) is 3.33. The fourth-order valence-corrected chi connectivity index (χ4v) is 1.84. The van der Waals surface area contributed by atoms with Crippen molar-refractivity contribution in [1.29, 1.82) is 0 Å². The van der Waals surface area contributed by atoms with E-state index in [1.807, 2.05) is 7.98 Å². The van der Waals surface area contributed by atoms with Crippen molar-refractivity contribution in [1.82, 2.24) is 0 Å². The summed E-state index contributed by atoms with van der Waals surface area (Å²) in [6, 6.07) is 6.58. The molecule has 1 aromatic carbocycles. The topological polar surface area (TPSA) is 12.0 Å². The second-order valence-corrected chi connectivity index (χ2v) is 4.37. The van der Waals surface area contributed by atoms with Crippen molar-refractivity contribution in [3.05, 3.63) is 29.3 Å². The van der Waals surface area contributed by atoms with Gasteiger partial charge in [0.25, 0.3) is 0 Å².